The van der Waals surface area contributed by atoms with Crippen molar-refractivity contribution in [2.45, 2.75) is 13.1 Å². The normalized spacial score (nSPS) is 11.3. The molecule has 246 valence electrons. The molecule has 2 aromatic carbocycles. The molecule has 3 aromatic heterocycles. The molecule has 0 saturated carbocycles. The molecule has 0 unspecified atom stereocenters. The number of nitrogens with one attached hydrogen (secondary N) is 1. The van der Waals surface area contributed by atoms with Crippen LogP contribution in [-0.2, 0) is 6.18 Å². The molecule has 3 N–H and O–H groups in total. The first-order chi connectivity index (χ1) is 22.5. The van der Waals surface area contributed by atoms with Gasteiger partial charge >= 0.3 is 6.18 Å². The zero-order valence-electron chi connectivity index (χ0n) is 26.1. The second kappa shape index (κ2) is 13.3. The molecule has 0 fully saturated rings. The second-order valence-electron chi connectivity index (χ2n) is 10.0. The minimum Gasteiger partial charge on any atom is -0.493 e. The van der Waals surface area contributed by atoms with E-state index in [0.29, 0.717) is 51.3 Å². The summed E-state index contributed by atoms with van der Waals surface area (Å²) in [4.78, 5) is 21.1. The van der Waals surface area contributed by atoms with E-state index in [-0.39, 0.29) is 30.0 Å². The molecule has 15 heteroatoms. The number of alkyl halides is 3. The third-order valence-electron chi connectivity index (χ3n) is 7.20. The number of halogens is 3. The molecule has 1 amide bonds. The number of amides is 1. The van der Waals surface area contributed by atoms with Crippen LogP contribution in [0.3, 0.4) is 0 Å². The lowest BCUT2D eigenvalue weighted by Crippen LogP contribution is -2.28. The van der Waals surface area contributed by atoms with E-state index in [1.54, 1.807) is 49.4 Å². The van der Waals surface area contributed by atoms with Crippen molar-refractivity contribution in [3.8, 4) is 51.3 Å². The fraction of sp³-hybridized carbons (Fsp3) is 0.250. The number of methoxy groups -OCH3 is 4. The van der Waals surface area contributed by atoms with E-state index < -0.39 is 23.5 Å². The number of hydrogen-bond donors (Lipinski definition) is 2. The quantitative estimate of drug-likeness (QED) is 0.183. The van der Waals surface area contributed by atoms with Crippen LogP contribution in [0, 0.1) is 6.92 Å². The highest BCUT2D eigenvalue weighted by molar-refractivity contribution is 5.98. The molecule has 0 aliphatic heterocycles. The SMILES string of the molecule is COc1cc(-c2ccc3nc(C)c(-c4cnc(N)c(C(F)(F)F)c4)n3n2)ccc1OCCNC(=O)c1ccc(OC)c(OC)c1OC. The number of nitrogen functional groups attached to an aromatic ring is 1. The molecular formula is C32H31F3N6O6. The number of anilines is 1. The largest absolute Gasteiger partial charge is 0.493 e. The first-order valence-electron chi connectivity index (χ1n) is 14.1. The van der Waals surface area contributed by atoms with Crippen molar-refractivity contribution in [1.29, 1.82) is 0 Å². The summed E-state index contributed by atoms with van der Waals surface area (Å²) in [7, 11) is 5.85. The Morgan fingerprint density at radius 2 is 1.62 bits per heavy atom. The van der Waals surface area contributed by atoms with Gasteiger partial charge < -0.3 is 34.7 Å². The van der Waals surface area contributed by atoms with Gasteiger partial charge in [0.25, 0.3) is 5.91 Å². The highest BCUT2D eigenvalue weighted by atomic mass is 19.4. The summed E-state index contributed by atoms with van der Waals surface area (Å²) >= 11 is 0. The molecular weight excluding hydrogens is 621 g/mol. The summed E-state index contributed by atoms with van der Waals surface area (Å²) < 4.78 is 69.5. The maximum Gasteiger partial charge on any atom is 0.419 e. The number of ether oxygens (including phenoxy) is 5. The number of aromatic nitrogens is 4. The predicted molar refractivity (Wildman–Crippen MR) is 166 cm³/mol. The number of carbonyl (C=O) groups excluding carboxylic acids is 1. The Labute approximate surface area is 267 Å². The van der Waals surface area contributed by atoms with Crippen LogP contribution in [0.1, 0.15) is 21.6 Å². The second-order valence-corrected chi connectivity index (χ2v) is 10.0. The fourth-order valence-corrected chi connectivity index (χ4v) is 5.01. The van der Waals surface area contributed by atoms with Crippen molar-refractivity contribution in [3.05, 3.63) is 71.5 Å². The smallest absolute Gasteiger partial charge is 0.419 e. The molecule has 5 aromatic rings. The summed E-state index contributed by atoms with van der Waals surface area (Å²) in [5, 5.41) is 7.45. The third kappa shape index (κ3) is 6.50. The number of hydrogen-bond acceptors (Lipinski definition) is 10. The van der Waals surface area contributed by atoms with Gasteiger partial charge in [-0.05, 0) is 55.5 Å². The van der Waals surface area contributed by atoms with Gasteiger partial charge in [-0.3, -0.25) is 4.79 Å². The molecule has 0 bridgehead atoms. The summed E-state index contributed by atoms with van der Waals surface area (Å²) in [6, 6.07) is 12.7. The summed E-state index contributed by atoms with van der Waals surface area (Å²) in [5.74, 6) is 0.774. The Balaban J connectivity index is 1.33. The first kappa shape index (κ1) is 32.7. The molecule has 12 nitrogen and oxygen atoms in total. The number of carbonyl (C=O) groups is 1. The number of nitrogens with two attached hydrogens (primary N) is 1. The maximum atomic E-state index is 13.5. The number of nitrogens with zero attached hydrogens (tertiary/aromatic N) is 4. The summed E-state index contributed by atoms with van der Waals surface area (Å²) in [6.45, 7) is 1.96. The van der Waals surface area contributed by atoms with E-state index in [9.17, 15) is 18.0 Å². The Bertz CT molecular complexity index is 1950. The van der Waals surface area contributed by atoms with Gasteiger partial charge in [-0.25, -0.2) is 14.5 Å². The van der Waals surface area contributed by atoms with Crippen molar-refractivity contribution in [2.24, 2.45) is 0 Å². The van der Waals surface area contributed by atoms with E-state index >= 15 is 0 Å². The molecule has 3 heterocycles. The van der Waals surface area contributed by atoms with Crippen molar-refractivity contribution in [3.63, 3.8) is 0 Å². The number of aryl methyl sites for hydroxylation is 1. The average molecular weight is 653 g/mol. The highest BCUT2D eigenvalue weighted by Crippen LogP contribution is 2.40. The number of imidazole rings is 1. The van der Waals surface area contributed by atoms with Crippen LogP contribution in [0.25, 0.3) is 28.2 Å². The van der Waals surface area contributed by atoms with E-state index in [4.69, 9.17) is 29.4 Å². The van der Waals surface area contributed by atoms with Crippen LogP contribution >= 0.6 is 0 Å². The van der Waals surface area contributed by atoms with Gasteiger partial charge in [0, 0.05) is 17.3 Å². The zero-order valence-corrected chi connectivity index (χ0v) is 26.1. The van der Waals surface area contributed by atoms with E-state index in [0.717, 1.165) is 6.07 Å². The minimum atomic E-state index is -4.68. The number of rotatable bonds is 11. The van der Waals surface area contributed by atoms with Gasteiger partial charge in [-0.15, -0.1) is 0 Å². The highest BCUT2D eigenvalue weighted by Gasteiger charge is 2.34. The third-order valence-corrected chi connectivity index (χ3v) is 7.20. The number of benzene rings is 2. The van der Waals surface area contributed by atoms with Gasteiger partial charge in [-0.2, -0.15) is 18.3 Å². The minimum absolute atomic E-state index is 0.120. The van der Waals surface area contributed by atoms with Crippen molar-refractivity contribution >= 4 is 17.4 Å². The average Bonchev–Trinajstić information content (AvgIpc) is 3.40. The monoisotopic (exact) mass is 652 g/mol. The standard InChI is InChI=1S/C32H31F3N6O6/c1-17-27(19-14-21(32(33,34)35)30(36)38-16-19)41-26(39-17)11-8-22(40-41)18-6-9-23(25(15-18)44-3)47-13-12-37-31(42)20-7-10-24(43-2)29(46-5)28(20)45-4/h6-11,14-16H,12-13H2,1-5H3,(H2,36,38)(H,37,42). The predicted octanol–water partition coefficient (Wildman–Crippen LogP) is 5.21. The van der Waals surface area contributed by atoms with Crippen LogP contribution in [0.2, 0.25) is 0 Å². The Morgan fingerprint density at radius 3 is 2.30 bits per heavy atom. The van der Waals surface area contributed by atoms with Crippen LogP contribution in [0.4, 0.5) is 19.0 Å². The molecule has 0 atom stereocenters. The van der Waals surface area contributed by atoms with E-state index in [1.807, 2.05) is 0 Å². The first-order valence-corrected chi connectivity index (χ1v) is 14.1. The van der Waals surface area contributed by atoms with Gasteiger partial charge in [0.2, 0.25) is 5.75 Å². The Morgan fingerprint density at radius 1 is 0.894 bits per heavy atom. The van der Waals surface area contributed by atoms with E-state index in [2.05, 4.69) is 20.4 Å². The van der Waals surface area contributed by atoms with Crippen molar-refractivity contribution < 1.29 is 41.7 Å². The lowest BCUT2D eigenvalue weighted by Gasteiger charge is -2.16. The van der Waals surface area contributed by atoms with Gasteiger partial charge in [0.1, 0.15) is 12.4 Å². The zero-order chi connectivity index (χ0) is 33.9. The summed E-state index contributed by atoms with van der Waals surface area (Å²) in [6.07, 6.45) is -3.42. The van der Waals surface area contributed by atoms with Crippen LogP contribution < -0.4 is 34.7 Å². The number of pyridine rings is 1. The lowest BCUT2D eigenvalue weighted by atomic mass is 10.1. The van der Waals surface area contributed by atoms with Crippen molar-refractivity contribution in [1.82, 2.24) is 24.9 Å². The molecule has 47 heavy (non-hydrogen) atoms. The fourth-order valence-electron chi connectivity index (χ4n) is 5.01. The molecule has 0 radical (unpaired) electrons. The lowest BCUT2D eigenvalue weighted by molar-refractivity contribution is -0.137. The molecule has 0 spiro atoms. The van der Waals surface area contributed by atoms with Crippen LogP contribution in [0.5, 0.6) is 28.7 Å². The van der Waals surface area contributed by atoms with Gasteiger partial charge in [0.05, 0.1) is 63.2 Å². The van der Waals surface area contributed by atoms with E-state index in [1.165, 1.54) is 39.2 Å². The van der Waals surface area contributed by atoms with Crippen molar-refractivity contribution in [2.75, 3.05) is 47.3 Å². The van der Waals surface area contributed by atoms with Crippen LogP contribution in [0.15, 0.2) is 54.7 Å². The van der Waals surface area contributed by atoms with Crippen LogP contribution in [-0.4, -0.2) is 67.1 Å². The molecule has 0 aliphatic rings. The Kier molecular flexibility index (Phi) is 9.26. The Hall–Kier alpha value is -5.73. The maximum absolute atomic E-state index is 13.5. The van der Waals surface area contributed by atoms with Gasteiger partial charge in [0.15, 0.2) is 28.6 Å². The summed E-state index contributed by atoms with van der Waals surface area (Å²) in [5.41, 5.74) is 7.28. The topological polar surface area (TPSA) is 144 Å². The van der Waals surface area contributed by atoms with Gasteiger partial charge in [-0.1, -0.05) is 0 Å². The molecule has 0 saturated heterocycles. The number of fused-ring (bicyclic) bond motifs is 1. The molecule has 5 rings (SSSR count). The molecule has 0 aliphatic carbocycles.